The summed E-state index contributed by atoms with van der Waals surface area (Å²) >= 11 is 0. The fourth-order valence-corrected chi connectivity index (χ4v) is 3.92. The van der Waals surface area contributed by atoms with Gasteiger partial charge in [-0.15, -0.1) is 0 Å². The Kier molecular flexibility index (Phi) is 6.53. The first-order valence-corrected chi connectivity index (χ1v) is 10.5. The van der Waals surface area contributed by atoms with Crippen LogP contribution in [0.15, 0.2) is 24.3 Å². The number of unbranched alkanes of at least 4 members (excludes halogenated alkanes) is 1. The van der Waals surface area contributed by atoms with Gasteiger partial charge in [0.2, 0.25) is 0 Å². The second kappa shape index (κ2) is 8.19. The van der Waals surface area contributed by atoms with Gasteiger partial charge in [0, 0.05) is 0 Å². The molecule has 2 nitrogen and oxygen atoms in total. The van der Waals surface area contributed by atoms with Crippen LogP contribution >= 0.6 is 0 Å². The normalized spacial score (nSPS) is 12.4. The van der Waals surface area contributed by atoms with Crippen molar-refractivity contribution in [3.8, 4) is 11.5 Å². The van der Waals surface area contributed by atoms with Gasteiger partial charge < -0.3 is 10.2 Å². The predicted molar refractivity (Wildman–Crippen MR) is 120 cm³/mol. The molecule has 0 aliphatic carbocycles. The molecule has 2 N–H and O–H groups in total. The Hall–Kier alpha value is -1.96. The van der Waals surface area contributed by atoms with Crippen molar-refractivity contribution in [2.24, 2.45) is 0 Å². The summed E-state index contributed by atoms with van der Waals surface area (Å²) < 4.78 is 0. The van der Waals surface area contributed by atoms with Crippen molar-refractivity contribution in [2.75, 3.05) is 0 Å². The maximum Gasteiger partial charge on any atom is 0.122 e. The van der Waals surface area contributed by atoms with Crippen molar-refractivity contribution < 1.29 is 10.2 Å². The van der Waals surface area contributed by atoms with E-state index in [1.807, 2.05) is 12.1 Å². The van der Waals surface area contributed by atoms with Gasteiger partial charge in [0.15, 0.2) is 0 Å². The SMILES string of the molecule is Cc1ccc(C(C)(C)C)c(O)c1CCCCc1c(C)ccc(C(C)(C)C)c1O. The smallest absolute Gasteiger partial charge is 0.122 e. The number of phenols is 2. The molecule has 0 saturated carbocycles. The molecule has 0 radical (unpaired) electrons. The summed E-state index contributed by atoms with van der Waals surface area (Å²) in [6.07, 6.45) is 3.70. The molecule has 0 amide bonds. The van der Waals surface area contributed by atoms with E-state index in [2.05, 4.69) is 67.5 Å². The van der Waals surface area contributed by atoms with Gasteiger partial charge in [-0.2, -0.15) is 0 Å². The Morgan fingerprint density at radius 3 is 1.21 bits per heavy atom. The van der Waals surface area contributed by atoms with Crippen LogP contribution in [0.2, 0.25) is 0 Å². The molecule has 0 saturated heterocycles. The number of aromatic hydroxyl groups is 2. The fourth-order valence-electron chi connectivity index (χ4n) is 3.92. The van der Waals surface area contributed by atoms with Gasteiger partial charge in [0.25, 0.3) is 0 Å². The molecule has 2 aromatic carbocycles. The minimum Gasteiger partial charge on any atom is -0.507 e. The third-order valence-corrected chi connectivity index (χ3v) is 5.75. The van der Waals surface area contributed by atoms with Gasteiger partial charge >= 0.3 is 0 Å². The zero-order chi connectivity index (χ0) is 21.3. The fraction of sp³-hybridized carbons (Fsp3) is 0.538. The van der Waals surface area contributed by atoms with Crippen LogP contribution in [0.1, 0.15) is 87.8 Å². The molecule has 0 aromatic heterocycles. The van der Waals surface area contributed by atoms with Crippen molar-refractivity contribution in [3.05, 3.63) is 57.6 Å². The molecule has 0 spiro atoms. The molecular weight excluding hydrogens is 344 g/mol. The van der Waals surface area contributed by atoms with Crippen LogP contribution in [0.5, 0.6) is 11.5 Å². The summed E-state index contributed by atoms with van der Waals surface area (Å²) in [7, 11) is 0. The van der Waals surface area contributed by atoms with E-state index in [1.165, 1.54) is 0 Å². The highest BCUT2D eigenvalue weighted by molar-refractivity contribution is 5.49. The zero-order valence-electron chi connectivity index (χ0n) is 19.0. The van der Waals surface area contributed by atoms with Crippen LogP contribution in [0.25, 0.3) is 0 Å². The highest BCUT2D eigenvalue weighted by Crippen LogP contribution is 2.37. The van der Waals surface area contributed by atoms with Gasteiger partial charge in [-0.1, -0.05) is 65.8 Å². The molecule has 2 aromatic rings. The average molecular weight is 383 g/mol. The molecular formula is C26H38O2. The average Bonchev–Trinajstić information content (AvgIpc) is 2.53. The van der Waals surface area contributed by atoms with Crippen LogP contribution in [0, 0.1) is 13.8 Å². The van der Waals surface area contributed by atoms with E-state index in [9.17, 15) is 10.2 Å². The Bertz CT molecular complexity index is 761. The Labute approximate surface area is 171 Å². The lowest BCUT2D eigenvalue weighted by atomic mass is 9.83. The van der Waals surface area contributed by atoms with E-state index in [4.69, 9.17) is 0 Å². The molecule has 28 heavy (non-hydrogen) atoms. The van der Waals surface area contributed by atoms with Gasteiger partial charge in [-0.05, 0) is 83.7 Å². The maximum atomic E-state index is 10.8. The molecule has 154 valence electrons. The van der Waals surface area contributed by atoms with E-state index >= 15 is 0 Å². The van der Waals surface area contributed by atoms with Crippen molar-refractivity contribution in [2.45, 2.75) is 91.9 Å². The van der Waals surface area contributed by atoms with E-state index in [-0.39, 0.29) is 10.8 Å². The largest absolute Gasteiger partial charge is 0.507 e. The summed E-state index contributed by atoms with van der Waals surface area (Å²) in [5.41, 5.74) is 6.33. The maximum absolute atomic E-state index is 10.8. The van der Waals surface area contributed by atoms with Gasteiger partial charge in [0.1, 0.15) is 11.5 Å². The van der Waals surface area contributed by atoms with Crippen molar-refractivity contribution in [1.29, 1.82) is 0 Å². The van der Waals surface area contributed by atoms with Gasteiger partial charge in [0.05, 0.1) is 0 Å². The van der Waals surface area contributed by atoms with Crippen molar-refractivity contribution >= 4 is 0 Å². The van der Waals surface area contributed by atoms with Gasteiger partial charge in [-0.3, -0.25) is 0 Å². The number of hydrogen-bond donors (Lipinski definition) is 2. The number of phenolic OH excluding ortho intramolecular Hbond substituents is 2. The second-order valence-corrected chi connectivity index (χ2v) is 10.2. The van der Waals surface area contributed by atoms with Crippen molar-refractivity contribution in [1.82, 2.24) is 0 Å². The Morgan fingerprint density at radius 2 is 0.929 bits per heavy atom. The molecule has 0 unspecified atom stereocenters. The lowest BCUT2D eigenvalue weighted by Gasteiger charge is -2.23. The molecule has 0 atom stereocenters. The summed E-state index contributed by atoms with van der Waals surface area (Å²) in [6, 6.07) is 8.35. The first-order chi connectivity index (χ1) is 12.8. The topological polar surface area (TPSA) is 40.5 Å². The lowest BCUT2D eigenvalue weighted by molar-refractivity contribution is 0.435. The van der Waals surface area contributed by atoms with Crippen LogP contribution in [0.3, 0.4) is 0 Å². The first-order valence-electron chi connectivity index (χ1n) is 10.5. The summed E-state index contributed by atoms with van der Waals surface area (Å²) in [5, 5.41) is 21.6. The highest BCUT2D eigenvalue weighted by Gasteiger charge is 2.22. The Morgan fingerprint density at radius 1 is 0.607 bits per heavy atom. The number of hydrogen-bond acceptors (Lipinski definition) is 2. The quantitative estimate of drug-likeness (QED) is 0.554. The highest BCUT2D eigenvalue weighted by atomic mass is 16.3. The second-order valence-electron chi connectivity index (χ2n) is 10.2. The minimum absolute atomic E-state index is 0.0666. The van der Waals surface area contributed by atoms with Gasteiger partial charge in [-0.25, -0.2) is 0 Å². The van der Waals surface area contributed by atoms with E-state index < -0.39 is 0 Å². The number of benzene rings is 2. The third-order valence-electron chi connectivity index (χ3n) is 5.75. The molecule has 0 heterocycles. The zero-order valence-corrected chi connectivity index (χ0v) is 19.0. The van der Waals surface area contributed by atoms with Crippen LogP contribution in [-0.2, 0) is 23.7 Å². The van der Waals surface area contributed by atoms with E-state index in [1.54, 1.807) is 0 Å². The summed E-state index contributed by atoms with van der Waals surface area (Å²) in [5.74, 6) is 0.919. The minimum atomic E-state index is -0.0666. The summed E-state index contributed by atoms with van der Waals surface area (Å²) in [4.78, 5) is 0. The van der Waals surface area contributed by atoms with Crippen LogP contribution < -0.4 is 0 Å². The van der Waals surface area contributed by atoms with E-state index in [0.717, 1.165) is 59.1 Å². The number of rotatable bonds is 5. The third kappa shape index (κ3) is 4.90. The first kappa shape index (κ1) is 22.3. The summed E-state index contributed by atoms with van der Waals surface area (Å²) in [6.45, 7) is 17.0. The molecule has 0 aliphatic heterocycles. The predicted octanol–water partition coefficient (Wildman–Crippen LogP) is 6.88. The standard InChI is InChI=1S/C26H38O2/c1-17-13-15-21(25(3,4)5)23(27)19(17)11-9-10-12-20-18(2)14-16-22(24(20)28)26(6,7)8/h13-16,27-28H,9-12H2,1-8H3. The molecule has 2 heteroatoms. The van der Waals surface area contributed by atoms with E-state index in [0.29, 0.717) is 11.5 Å². The Balaban J connectivity index is 2.13. The molecule has 0 bridgehead atoms. The molecule has 2 rings (SSSR count). The molecule has 0 aliphatic rings. The van der Waals surface area contributed by atoms with Crippen LogP contribution in [0.4, 0.5) is 0 Å². The lowest BCUT2D eigenvalue weighted by Crippen LogP contribution is -2.13. The number of aryl methyl sites for hydroxylation is 2. The monoisotopic (exact) mass is 382 g/mol. The molecule has 0 fully saturated rings. The van der Waals surface area contributed by atoms with Crippen molar-refractivity contribution in [3.63, 3.8) is 0 Å². The van der Waals surface area contributed by atoms with Crippen LogP contribution in [-0.4, -0.2) is 10.2 Å².